The first kappa shape index (κ1) is 21.4. The molecule has 2 aromatic rings. The largest absolute Gasteiger partial charge is 0.474 e. The van der Waals surface area contributed by atoms with Crippen molar-refractivity contribution >= 4 is 17.5 Å². The lowest BCUT2D eigenvalue weighted by Crippen LogP contribution is -2.27. The van der Waals surface area contributed by atoms with E-state index in [4.69, 9.17) is 21.2 Å². The second kappa shape index (κ2) is 9.45. The number of nitrogens with one attached hydrogen (secondary N) is 1. The van der Waals surface area contributed by atoms with Crippen LogP contribution in [0.2, 0.25) is 5.02 Å². The van der Waals surface area contributed by atoms with Crippen LogP contribution in [0.5, 0.6) is 5.88 Å². The Hall–Kier alpha value is -2.33. The Morgan fingerprint density at radius 2 is 2.21 bits per heavy atom. The quantitative estimate of drug-likeness (QED) is 0.471. The summed E-state index contributed by atoms with van der Waals surface area (Å²) in [6.45, 7) is 3.11. The Morgan fingerprint density at radius 1 is 1.41 bits per heavy atom. The van der Waals surface area contributed by atoms with Crippen molar-refractivity contribution in [2.75, 3.05) is 13.3 Å². The highest BCUT2D eigenvalue weighted by atomic mass is 35.5. The van der Waals surface area contributed by atoms with E-state index in [9.17, 15) is 14.3 Å². The molecule has 2 N–H and O–H groups in total. The fourth-order valence-electron chi connectivity index (χ4n) is 3.07. The van der Waals surface area contributed by atoms with Gasteiger partial charge in [-0.25, -0.2) is 9.37 Å². The number of nitrogens with zero attached hydrogens (tertiary/aromatic N) is 3. The van der Waals surface area contributed by atoms with Crippen LogP contribution in [-0.4, -0.2) is 45.4 Å². The van der Waals surface area contributed by atoms with Crippen molar-refractivity contribution in [1.29, 1.82) is 0 Å². The number of pyridine rings is 2. The third kappa shape index (κ3) is 4.81. The molecule has 3 heterocycles. The predicted octanol–water partition coefficient (Wildman–Crippen LogP) is 2.55. The molecule has 0 aromatic carbocycles. The maximum Gasteiger partial charge on any atom is 0.255 e. The van der Waals surface area contributed by atoms with Crippen LogP contribution in [0.3, 0.4) is 0 Å². The number of aliphatic hydroxyl groups excluding tert-OH is 1. The molecule has 0 radical (unpaired) electrons. The Labute approximate surface area is 172 Å². The molecule has 0 fully saturated rings. The first-order valence-corrected chi connectivity index (χ1v) is 9.47. The lowest BCUT2D eigenvalue weighted by atomic mass is 10.1. The lowest BCUT2D eigenvalue weighted by molar-refractivity contribution is -0.0586. The molecule has 29 heavy (non-hydrogen) atoms. The van der Waals surface area contributed by atoms with Crippen molar-refractivity contribution in [2.45, 2.75) is 39.3 Å². The molecule has 0 spiro atoms. The highest BCUT2D eigenvalue weighted by Crippen LogP contribution is 2.34. The minimum Gasteiger partial charge on any atom is -0.474 e. The third-order valence-electron chi connectivity index (χ3n) is 4.52. The van der Waals surface area contributed by atoms with Gasteiger partial charge in [-0.15, -0.1) is 0 Å². The first-order chi connectivity index (χ1) is 13.9. The van der Waals surface area contributed by atoms with Gasteiger partial charge in [0, 0.05) is 30.1 Å². The number of ether oxygens (including phenoxy) is 1. The van der Waals surface area contributed by atoms with Crippen molar-refractivity contribution in [3.63, 3.8) is 0 Å². The van der Waals surface area contributed by atoms with Gasteiger partial charge in [-0.3, -0.25) is 14.6 Å². The number of hydrogen-bond acceptors (Lipinski definition) is 7. The van der Waals surface area contributed by atoms with E-state index in [1.54, 1.807) is 29.4 Å². The normalized spacial score (nSPS) is 15.3. The zero-order valence-corrected chi connectivity index (χ0v) is 16.8. The number of carbonyl (C=O) groups is 1. The highest BCUT2D eigenvalue weighted by Gasteiger charge is 2.33. The number of aliphatic hydroxyl groups is 1. The Bertz CT molecular complexity index is 883. The molecule has 1 amide bonds. The Balaban J connectivity index is 1.76. The van der Waals surface area contributed by atoms with E-state index in [-0.39, 0.29) is 36.1 Å². The molecule has 0 saturated carbocycles. The van der Waals surface area contributed by atoms with Crippen LogP contribution in [0, 0.1) is 0 Å². The van der Waals surface area contributed by atoms with Crippen molar-refractivity contribution in [3.05, 3.63) is 51.9 Å². The summed E-state index contributed by atoms with van der Waals surface area (Å²) in [6.07, 6.45) is 2.30. The molecule has 8 nitrogen and oxygen atoms in total. The SMILES string of the molecule is CC(O)NOCc1nccc2c1CN(C(C)c1cnc(OCCF)c(Cl)c1)C2=O. The minimum absolute atomic E-state index is 0.109. The number of aromatic nitrogens is 2. The summed E-state index contributed by atoms with van der Waals surface area (Å²) in [6, 6.07) is 3.03. The molecule has 2 aromatic heterocycles. The summed E-state index contributed by atoms with van der Waals surface area (Å²) >= 11 is 6.18. The monoisotopic (exact) mass is 424 g/mol. The average Bonchev–Trinajstić information content (AvgIpc) is 3.04. The summed E-state index contributed by atoms with van der Waals surface area (Å²) in [4.78, 5) is 28.3. The van der Waals surface area contributed by atoms with Gasteiger partial charge < -0.3 is 14.7 Å². The number of carbonyl (C=O) groups excluding carboxylic acids is 1. The third-order valence-corrected chi connectivity index (χ3v) is 4.79. The summed E-state index contributed by atoms with van der Waals surface area (Å²) < 4.78 is 17.4. The van der Waals surface area contributed by atoms with E-state index >= 15 is 0 Å². The Kier molecular flexibility index (Phi) is 6.96. The van der Waals surface area contributed by atoms with E-state index in [0.29, 0.717) is 17.8 Å². The van der Waals surface area contributed by atoms with Crippen LogP contribution in [0.1, 0.15) is 47.1 Å². The summed E-state index contributed by atoms with van der Waals surface area (Å²) in [5.41, 5.74) is 5.12. The molecular formula is C19H22ClFN4O4. The van der Waals surface area contributed by atoms with Gasteiger partial charge in [0.1, 0.15) is 31.1 Å². The highest BCUT2D eigenvalue weighted by molar-refractivity contribution is 6.31. The molecule has 2 atom stereocenters. The molecule has 156 valence electrons. The molecule has 0 bridgehead atoms. The topological polar surface area (TPSA) is 96.8 Å². The van der Waals surface area contributed by atoms with Gasteiger partial charge in [-0.05, 0) is 31.5 Å². The number of amides is 1. The maximum absolute atomic E-state index is 12.9. The van der Waals surface area contributed by atoms with Crippen molar-refractivity contribution in [1.82, 2.24) is 20.3 Å². The number of hydrogen-bond donors (Lipinski definition) is 2. The lowest BCUT2D eigenvalue weighted by Gasteiger charge is -2.25. The number of rotatable bonds is 9. The van der Waals surface area contributed by atoms with E-state index in [1.165, 1.54) is 6.92 Å². The number of alkyl halides is 1. The van der Waals surface area contributed by atoms with Crippen LogP contribution in [-0.2, 0) is 18.0 Å². The number of hydroxylamine groups is 1. The zero-order chi connectivity index (χ0) is 21.0. The van der Waals surface area contributed by atoms with E-state index in [1.807, 2.05) is 6.92 Å². The zero-order valence-electron chi connectivity index (χ0n) is 16.1. The van der Waals surface area contributed by atoms with Crippen LogP contribution in [0.15, 0.2) is 24.5 Å². The van der Waals surface area contributed by atoms with Gasteiger partial charge in [0.2, 0.25) is 5.88 Å². The molecule has 2 unspecified atom stereocenters. The van der Waals surface area contributed by atoms with Crippen molar-refractivity contribution < 1.29 is 23.9 Å². The molecule has 1 aliphatic heterocycles. The van der Waals surface area contributed by atoms with Gasteiger partial charge in [0.25, 0.3) is 5.91 Å². The molecule has 0 saturated heterocycles. The second-order valence-electron chi connectivity index (χ2n) is 6.57. The van der Waals surface area contributed by atoms with Gasteiger partial charge in [0.15, 0.2) is 0 Å². The second-order valence-corrected chi connectivity index (χ2v) is 6.98. The minimum atomic E-state index is -0.820. The van der Waals surface area contributed by atoms with Crippen molar-refractivity contribution in [3.8, 4) is 5.88 Å². The van der Waals surface area contributed by atoms with Crippen molar-refractivity contribution in [2.24, 2.45) is 0 Å². The maximum atomic E-state index is 12.9. The van der Waals surface area contributed by atoms with Gasteiger partial charge in [0.05, 0.1) is 11.7 Å². The van der Waals surface area contributed by atoms with Gasteiger partial charge >= 0.3 is 0 Å². The molecule has 0 aliphatic carbocycles. The van der Waals surface area contributed by atoms with E-state index < -0.39 is 12.9 Å². The molecule has 1 aliphatic rings. The van der Waals surface area contributed by atoms with Gasteiger partial charge in [-0.2, -0.15) is 5.48 Å². The average molecular weight is 425 g/mol. The number of halogens is 2. The summed E-state index contributed by atoms with van der Waals surface area (Å²) in [5.74, 6) is 0.0269. The van der Waals surface area contributed by atoms with Crippen LogP contribution in [0.25, 0.3) is 0 Å². The molecular weight excluding hydrogens is 403 g/mol. The van der Waals surface area contributed by atoms with Crippen LogP contribution < -0.4 is 10.2 Å². The van der Waals surface area contributed by atoms with Crippen LogP contribution in [0.4, 0.5) is 4.39 Å². The van der Waals surface area contributed by atoms with E-state index in [0.717, 1.165) is 11.1 Å². The van der Waals surface area contributed by atoms with E-state index in [2.05, 4.69) is 15.4 Å². The van der Waals surface area contributed by atoms with Gasteiger partial charge in [-0.1, -0.05) is 11.6 Å². The summed E-state index contributed by atoms with van der Waals surface area (Å²) in [7, 11) is 0. The standard InChI is InChI=1S/C19H22ClFN4O4/c1-11(13-7-16(20)18(23-8-13)28-6-4-21)25-9-15-14(19(25)27)3-5-22-17(15)10-29-24-12(2)26/h3,5,7-8,11-12,24,26H,4,6,9-10H2,1-2H3. The fraction of sp³-hybridized carbons (Fsp3) is 0.421. The molecule has 3 rings (SSSR count). The summed E-state index contributed by atoms with van der Waals surface area (Å²) in [5, 5.41) is 9.49. The predicted molar refractivity (Wildman–Crippen MR) is 103 cm³/mol. The first-order valence-electron chi connectivity index (χ1n) is 9.09. The van der Waals surface area contributed by atoms with Crippen LogP contribution >= 0.6 is 11.6 Å². The number of fused-ring (bicyclic) bond motifs is 1. The Morgan fingerprint density at radius 3 is 2.90 bits per heavy atom. The molecule has 10 heteroatoms. The smallest absolute Gasteiger partial charge is 0.255 e. The fourth-order valence-corrected chi connectivity index (χ4v) is 3.30.